The fraction of sp³-hybridized carbons (Fsp3) is 0.533. The zero-order chi connectivity index (χ0) is 14.1. The third-order valence-corrected chi connectivity index (χ3v) is 3.19. The molecule has 0 aliphatic heterocycles. The van der Waals surface area contributed by atoms with Crippen LogP contribution in [0.15, 0.2) is 24.3 Å². The predicted octanol–water partition coefficient (Wildman–Crippen LogP) is 3.95. The molecule has 106 valence electrons. The molecule has 1 rings (SSSR count). The molecule has 1 aromatic rings. The highest BCUT2D eigenvalue weighted by atomic mass is 32.1. The van der Waals surface area contributed by atoms with Gasteiger partial charge in [-0.15, -0.1) is 0 Å². The van der Waals surface area contributed by atoms with Gasteiger partial charge in [0.1, 0.15) is 5.75 Å². The maximum atomic E-state index is 5.32. The summed E-state index contributed by atoms with van der Waals surface area (Å²) in [6.45, 7) is 4.37. The number of anilines is 1. The minimum atomic E-state index is 0.390. The molecule has 0 amide bonds. The van der Waals surface area contributed by atoms with Crippen molar-refractivity contribution in [2.24, 2.45) is 0 Å². The third kappa shape index (κ3) is 5.92. The Morgan fingerprint density at radius 1 is 1.32 bits per heavy atom. The third-order valence-electron chi connectivity index (χ3n) is 2.97. The number of ether oxygens (including phenoxy) is 1. The molecule has 1 unspecified atom stereocenters. The molecule has 0 aromatic heterocycles. The van der Waals surface area contributed by atoms with Crippen LogP contribution in [0.2, 0.25) is 0 Å². The Bertz CT molecular complexity index is 395. The van der Waals surface area contributed by atoms with E-state index in [2.05, 4.69) is 24.5 Å². The van der Waals surface area contributed by atoms with Gasteiger partial charge in [0.25, 0.3) is 0 Å². The summed E-state index contributed by atoms with van der Waals surface area (Å²) in [6.07, 6.45) is 4.90. The van der Waals surface area contributed by atoms with Gasteiger partial charge >= 0.3 is 0 Å². The number of rotatable bonds is 7. The molecule has 0 aliphatic rings. The normalized spacial score (nSPS) is 11.7. The largest absolute Gasteiger partial charge is 0.495 e. The molecule has 0 fully saturated rings. The molecule has 19 heavy (non-hydrogen) atoms. The van der Waals surface area contributed by atoms with Crippen LogP contribution in [0.4, 0.5) is 5.69 Å². The highest BCUT2D eigenvalue weighted by Gasteiger charge is 2.06. The highest BCUT2D eigenvalue weighted by Crippen LogP contribution is 2.22. The van der Waals surface area contributed by atoms with Gasteiger partial charge in [0, 0.05) is 6.04 Å². The van der Waals surface area contributed by atoms with Crippen molar-refractivity contribution in [3.05, 3.63) is 24.3 Å². The maximum absolute atomic E-state index is 5.32. The molecule has 3 nitrogen and oxygen atoms in total. The molecule has 4 heteroatoms. The molecule has 1 atom stereocenters. The van der Waals surface area contributed by atoms with E-state index in [-0.39, 0.29) is 0 Å². The summed E-state index contributed by atoms with van der Waals surface area (Å²) in [6, 6.07) is 8.15. The van der Waals surface area contributed by atoms with E-state index in [0.29, 0.717) is 11.2 Å². The van der Waals surface area contributed by atoms with Crippen molar-refractivity contribution in [2.75, 3.05) is 12.4 Å². The minimum absolute atomic E-state index is 0.390. The molecule has 2 N–H and O–H groups in total. The zero-order valence-corrected chi connectivity index (χ0v) is 12.8. The van der Waals surface area contributed by atoms with Gasteiger partial charge in [-0.25, -0.2) is 0 Å². The minimum Gasteiger partial charge on any atom is -0.495 e. The molecule has 0 heterocycles. The number of nitrogens with one attached hydrogen (secondary N) is 2. The van der Waals surface area contributed by atoms with Gasteiger partial charge in [-0.2, -0.15) is 0 Å². The van der Waals surface area contributed by atoms with Gasteiger partial charge in [-0.3, -0.25) is 0 Å². The summed E-state index contributed by atoms with van der Waals surface area (Å²) in [5.41, 5.74) is 0.892. The van der Waals surface area contributed by atoms with Crippen LogP contribution in [0.5, 0.6) is 5.75 Å². The lowest BCUT2D eigenvalue weighted by atomic mass is 10.1. The first kappa shape index (κ1) is 15.8. The molecule has 0 aliphatic carbocycles. The van der Waals surface area contributed by atoms with Crippen LogP contribution in [0, 0.1) is 0 Å². The van der Waals surface area contributed by atoms with Crippen LogP contribution in [0.3, 0.4) is 0 Å². The molecule has 0 spiro atoms. The number of hydrogen-bond acceptors (Lipinski definition) is 2. The number of benzene rings is 1. The molecule has 1 aromatic carbocycles. The van der Waals surface area contributed by atoms with Gasteiger partial charge in [-0.1, -0.05) is 38.3 Å². The van der Waals surface area contributed by atoms with E-state index < -0.39 is 0 Å². The highest BCUT2D eigenvalue weighted by molar-refractivity contribution is 7.80. The summed E-state index contributed by atoms with van der Waals surface area (Å²) >= 11 is 5.32. The lowest BCUT2D eigenvalue weighted by molar-refractivity contribution is 0.417. The quantitative estimate of drug-likeness (QED) is 0.585. The lowest BCUT2D eigenvalue weighted by Crippen LogP contribution is -2.35. The van der Waals surface area contributed by atoms with Crippen LogP contribution in [-0.2, 0) is 0 Å². The summed E-state index contributed by atoms with van der Waals surface area (Å²) in [5, 5.41) is 7.13. The number of unbranched alkanes of at least 4 members (excludes halogenated alkanes) is 2. The van der Waals surface area contributed by atoms with Crippen molar-refractivity contribution in [3.8, 4) is 5.75 Å². The molecule has 0 saturated heterocycles. The van der Waals surface area contributed by atoms with Crippen molar-refractivity contribution >= 4 is 23.0 Å². The zero-order valence-electron chi connectivity index (χ0n) is 12.0. The summed E-state index contributed by atoms with van der Waals surface area (Å²) in [7, 11) is 1.66. The standard InChI is InChI=1S/C15H24N2OS/c1-4-5-6-9-12(2)16-15(19)17-13-10-7-8-11-14(13)18-3/h7-8,10-12H,4-6,9H2,1-3H3,(H2,16,17,19). The van der Waals surface area contributed by atoms with Crippen molar-refractivity contribution in [1.29, 1.82) is 0 Å². The molecule has 0 saturated carbocycles. The second-order valence-corrected chi connectivity index (χ2v) is 5.10. The predicted molar refractivity (Wildman–Crippen MR) is 86.0 cm³/mol. The maximum Gasteiger partial charge on any atom is 0.171 e. The first-order valence-electron chi connectivity index (χ1n) is 6.88. The van der Waals surface area contributed by atoms with E-state index in [0.717, 1.165) is 17.9 Å². The Kier molecular flexibility index (Phi) is 7.26. The second-order valence-electron chi connectivity index (χ2n) is 4.70. The van der Waals surface area contributed by atoms with Gasteiger partial charge < -0.3 is 15.4 Å². The van der Waals surface area contributed by atoms with Crippen molar-refractivity contribution in [2.45, 2.75) is 45.6 Å². The Morgan fingerprint density at radius 3 is 2.74 bits per heavy atom. The van der Waals surface area contributed by atoms with Crippen molar-refractivity contribution < 1.29 is 4.74 Å². The van der Waals surface area contributed by atoms with E-state index in [1.165, 1.54) is 19.3 Å². The van der Waals surface area contributed by atoms with Gasteiger partial charge in [0.05, 0.1) is 12.8 Å². The average Bonchev–Trinajstić information content (AvgIpc) is 2.39. The number of methoxy groups -OCH3 is 1. The van der Waals surface area contributed by atoms with Gasteiger partial charge in [0.2, 0.25) is 0 Å². The summed E-state index contributed by atoms with van der Waals surface area (Å²) < 4.78 is 5.28. The van der Waals surface area contributed by atoms with Crippen LogP contribution in [0.25, 0.3) is 0 Å². The average molecular weight is 280 g/mol. The van der Waals surface area contributed by atoms with Crippen LogP contribution in [0.1, 0.15) is 39.5 Å². The summed E-state index contributed by atoms with van der Waals surface area (Å²) in [5.74, 6) is 0.797. The molecular formula is C15H24N2OS. The first-order valence-corrected chi connectivity index (χ1v) is 7.28. The van der Waals surface area contributed by atoms with Gasteiger partial charge in [0.15, 0.2) is 5.11 Å². The molecular weight excluding hydrogens is 256 g/mol. The van der Waals surface area contributed by atoms with E-state index in [1.807, 2.05) is 24.3 Å². The Balaban J connectivity index is 2.42. The fourth-order valence-electron chi connectivity index (χ4n) is 1.90. The lowest BCUT2D eigenvalue weighted by Gasteiger charge is -2.18. The number of hydrogen-bond donors (Lipinski definition) is 2. The van der Waals surface area contributed by atoms with Crippen LogP contribution in [-0.4, -0.2) is 18.3 Å². The van der Waals surface area contributed by atoms with E-state index in [9.17, 15) is 0 Å². The van der Waals surface area contributed by atoms with Crippen molar-refractivity contribution in [3.63, 3.8) is 0 Å². The van der Waals surface area contributed by atoms with E-state index >= 15 is 0 Å². The summed E-state index contributed by atoms with van der Waals surface area (Å²) in [4.78, 5) is 0. The molecule has 0 bridgehead atoms. The smallest absolute Gasteiger partial charge is 0.171 e. The topological polar surface area (TPSA) is 33.3 Å². The second kappa shape index (κ2) is 8.75. The van der Waals surface area contributed by atoms with Gasteiger partial charge in [-0.05, 0) is 37.7 Å². The Hall–Kier alpha value is -1.29. The Labute approximate surface area is 121 Å². The van der Waals surface area contributed by atoms with Crippen molar-refractivity contribution in [1.82, 2.24) is 5.32 Å². The SMILES string of the molecule is CCCCCC(C)NC(=S)Nc1ccccc1OC. The Morgan fingerprint density at radius 2 is 2.05 bits per heavy atom. The first-order chi connectivity index (χ1) is 9.17. The monoisotopic (exact) mass is 280 g/mol. The number of para-hydroxylation sites is 2. The fourth-order valence-corrected chi connectivity index (χ4v) is 2.21. The molecule has 0 radical (unpaired) electrons. The van der Waals surface area contributed by atoms with E-state index in [1.54, 1.807) is 7.11 Å². The van der Waals surface area contributed by atoms with E-state index in [4.69, 9.17) is 17.0 Å². The van der Waals surface area contributed by atoms with Crippen LogP contribution < -0.4 is 15.4 Å². The number of thiocarbonyl (C=S) groups is 1. The van der Waals surface area contributed by atoms with Crippen LogP contribution >= 0.6 is 12.2 Å².